The van der Waals surface area contributed by atoms with Crippen LogP contribution in [0.2, 0.25) is 0 Å². The lowest BCUT2D eigenvalue weighted by Crippen LogP contribution is -2.46. The van der Waals surface area contributed by atoms with Crippen molar-refractivity contribution in [3.8, 4) is 0 Å². The van der Waals surface area contributed by atoms with Crippen LogP contribution in [0.15, 0.2) is 0 Å². The minimum Gasteiger partial charge on any atom is -0.481 e. The Kier molecular flexibility index (Phi) is 6.98. The summed E-state index contributed by atoms with van der Waals surface area (Å²) in [6.45, 7) is 2.87. The van der Waals surface area contributed by atoms with Crippen LogP contribution in [0, 0.1) is 11.8 Å². The van der Waals surface area contributed by atoms with E-state index in [-0.39, 0.29) is 24.4 Å². The number of nitrogens with one attached hydrogen (secondary N) is 2. The average molecular weight is 299 g/mol. The smallest absolute Gasteiger partial charge is 0.317 e. The van der Waals surface area contributed by atoms with Gasteiger partial charge >= 0.3 is 12.0 Å². The Bertz CT molecular complexity index is 378. The van der Waals surface area contributed by atoms with Crippen molar-refractivity contribution in [3.63, 3.8) is 0 Å². The zero-order chi connectivity index (χ0) is 15.8. The number of hydrogen-bond donors (Lipinski definition) is 3. The van der Waals surface area contributed by atoms with E-state index in [9.17, 15) is 14.4 Å². The van der Waals surface area contributed by atoms with Gasteiger partial charge in [-0.3, -0.25) is 9.59 Å². The van der Waals surface area contributed by atoms with Gasteiger partial charge in [0.2, 0.25) is 5.91 Å². The number of urea groups is 1. The summed E-state index contributed by atoms with van der Waals surface area (Å²) in [5.41, 5.74) is 0. The molecule has 0 saturated heterocycles. The van der Waals surface area contributed by atoms with E-state index in [2.05, 4.69) is 10.6 Å². The van der Waals surface area contributed by atoms with Crippen LogP contribution in [0.25, 0.3) is 0 Å². The van der Waals surface area contributed by atoms with Gasteiger partial charge < -0.3 is 20.6 Å². The highest BCUT2D eigenvalue weighted by Gasteiger charge is 2.26. The van der Waals surface area contributed by atoms with Crippen LogP contribution in [-0.2, 0) is 9.59 Å². The third-order valence-corrected chi connectivity index (χ3v) is 4.02. The van der Waals surface area contributed by atoms with Gasteiger partial charge in [-0.25, -0.2) is 4.79 Å². The number of likely N-dealkylation sites (N-methyl/N-ethyl adjacent to an activating group) is 2. The van der Waals surface area contributed by atoms with Crippen molar-refractivity contribution in [1.82, 2.24) is 15.5 Å². The Balaban J connectivity index is 2.32. The Hall–Kier alpha value is -1.79. The Morgan fingerprint density at radius 1 is 1.19 bits per heavy atom. The van der Waals surface area contributed by atoms with Crippen LogP contribution in [0.3, 0.4) is 0 Å². The molecule has 1 aliphatic rings. The highest BCUT2D eigenvalue weighted by atomic mass is 16.4. The van der Waals surface area contributed by atoms with E-state index in [1.807, 2.05) is 6.92 Å². The number of hydrogen-bond acceptors (Lipinski definition) is 3. The topological polar surface area (TPSA) is 98.7 Å². The Morgan fingerprint density at radius 3 is 2.29 bits per heavy atom. The number of carboxylic acid groups (broad SMARTS) is 1. The lowest BCUT2D eigenvalue weighted by molar-refractivity contribution is -0.143. The first-order valence-corrected chi connectivity index (χ1v) is 7.44. The van der Waals surface area contributed by atoms with Gasteiger partial charge in [0.1, 0.15) is 6.54 Å². The van der Waals surface area contributed by atoms with Gasteiger partial charge in [-0.1, -0.05) is 0 Å². The van der Waals surface area contributed by atoms with Crippen molar-refractivity contribution in [1.29, 1.82) is 0 Å². The summed E-state index contributed by atoms with van der Waals surface area (Å²) < 4.78 is 0. The van der Waals surface area contributed by atoms with E-state index in [1.165, 1.54) is 11.9 Å². The van der Waals surface area contributed by atoms with Crippen molar-refractivity contribution in [3.05, 3.63) is 0 Å². The standard InChI is InChI=1S/C14H25N3O4/c1-3-17(9-12(18)15-2)14(21)16-8-10-4-6-11(7-5-10)13(19)20/h10-11H,3-9H2,1-2H3,(H,15,18)(H,16,21)(H,19,20). The molecule has 0 unspecified atom stereocenters. The molecule has 1 aliphatic carbocycles. The highest BCUT2D eigenvalue weighted by Crippen LogP contribution is 2.28. The quantitative estimate of drug-likeness (QED) is 0.671. The minimum absolute atomic E-state index is 0.0462. The van der Waals surface area contributed by atoms with Gasteiger partial charge in [0, 0.05) is 20.1 Å². The molecule has 0 atom stereocenters. The summed E-state index contributed by atoms with van der Waals surface area (Å²) in [7, 11) is 1.54. The molecule has 1 fully saturated rings. The first-order valence-electron chi connectivity index (χ1n) is 7.44. The van der Waals surface area contributed by atoms with Gasteiger partial charge in [-0.2, -0.15) is 0 Å². The predicted molar refractivity (Wildman–Crippen MR) is 77.8 cm³/mol. The fraction of sp³-hybridized carbons (Fsp3) is 0.786. The second-order valence-corrected chi connectivity index (χ2v) is 5.43. The number of aliphatic carboxylic acids is 1. The number of carbonyl (C=O) groups excluding carboxylic acids is 2. The molecule has 7 nitrogen and oxygen atoms in total. The Morgan fingerprint density at radius 2 is 1.81 bits per heavy atom. The van der Waals surface area contributed by atoms with Gasteiger partial charge in [0.25, 0.3) is 0 Å². The molecule has 1 rings (SSSR count). The fourth-order valence-electron chi connectivity index (χ4n) is 2.54. The largest absolute Gasteiger partial charge is 0.481 e. The summed E-state index contributed by atoms with van der Waals surface area (Å²) in [6, 6.07) is -0.249. The first kappa shape index (κ1) is 17.3. The maximum atomic E-state index is 12.0. The number of rotatable bonds is 6. The molecular weight excluding hydrogens is 274 g/mol. The van der Waals surface area contributed by atoms with Crippen LogP contribution < -0.4 is 10.6 Å². The third-order valence-electron chi connectivity index (χ3n) is 4.02. The van der Waals surface area contributed by atoms with Gasteiger partial charge in [0.15, 0.2) is 0 Å². The van der Waals surface area contributed by atoms with E-state index in [1.54, 1.807) is 0 Å². The van der Waals surface area contributed by atoms with Gasteiger partial charge in [-0.05, 0) is 38.5 Å². The molecule has 120 valence electrons. The molecule has 0 bridgehead atoms. The second kappa shape index (κ2) is 8.49. The summed E-state index contributed by atoms with van der Waals surface area (Å²) in [5.74, 6) is -0.838. The number of amides is 3. The lowest BCUT2D eigenvalue weighted by atomic mass is 9.82. The van der Waals surface area contributed by atoms with E-state index in [0.29, 0.717) is 31.8 Å². The van der Waals surface area contributed by atoms with Crippen molar-refractivity contribution in [2.75, 3.05) is 26.7 Å². The average Bonchev–Trinajstić information content (AvgIpc) is 2.50. The predicted octanol–water partition coefficient (Wildman–Crippen LogP) is 0.655. The molecule has 1 saturated carbocycles. The Labute approximate surface area is 125 Å². The van der Waals surface area contributed by atoms with Gasteiger partial charge in [-0.15, -0.1) is 0 Å². The van der Waals surface area contributed by atoms with Crippen LogP contribution in [0.5, 0.6) is 0 Å². The van der Waals surface area contributed by atoms with Crippen molar-refractivity contribution >= 4 is 17.9 Å². The van der Waals surface area contributed by atoms with Crippen LogP contribution in [-0.4, -0.2) is 54.6 Å². The van der Waals surface area contributed by atoms with Crippen molar-refractivity contribution < 1.29 is 19.5 Å². The zero-order valence-electron chi connectivity index (χ0n) is 12.7. The normalized spacial score (nSPS) is 21.4. The maximum Gasteiger partial charge on any atom is 0.317 e. The molecule has 0 aromatic rings. The molecule has 0 aliphatic heterocycles. The molecule has 0 radical (unpaired) electrons. The molecule has 7 heteroatoms. The zero-order valence-corrected chi connectivity index (χ0v) is 12.7. The van der Waals surface area contributed by atoms with Crippen molar-refractivity contribution in [2.45, 2.75) is 32.6 Å². The first-order chi connectivity index (χ1) is 9.97. The number of carboxylic acids is 1. The number of carbonyl (C=O) groups is 3. The number of nitrogens with zero attached hydrogens (tertiary/aromatic N) is 1. The minimum atomic E-state index is -0.722. The molecule has 0 aromatic carbocycles. The van der Waals surface area contributed by atoms with Crippen LogP contribution >= 0.6 is 0 Å². The van der Waals surface area contributed by atoms with E-state index >= 15 is 0 Å². The van der Waals surface area contributed by atoms with Gasteiger partial charge in [0.05, 0.1) is 5.92 Å². The summed E-state index contributed by atoms with van der Waals surface area (Å²) in [4.78, 5) is 35.6. The highest BCUT2D eigenvalue weighted by molar-refractivity contribution is 5.83. The second-order valence-electron chi connectivity index (χ2n) is 5.43. The van der Waals surface area contributed by atoms with Crippen LogP contribution in [0.1, 0.15) is 32.6 Å². The summed E-state index contributed by atoms with van der Waals surface area (Å²) in [6.07, 6.45) is 2.98. The molecule has 0 spiro atoms. The van der Waals surface area contributed by atoms with E-state index in [4.69, 9.17) is 5.11 Å². The van der Waals surface area contributed by atoms with Crippen LogP contribution in [0.4, 0.5) is 4.79 Å². The SMILES string of the molecule is CCN(CC(=O)NC)C(=O)NCC1CCC(C(=O)O)CC1. The monoisotopic (exact) mass is 299 g/mol. The lowest BCUT2D eigenvalue weighted by Gasteiger charge is -2.27. The third kappa shape index (κ3) is 5.61. The molecule has 21 heavy (non-hydrogen) atoms. The molecule has 0 aromatic heterocycles. The van der Waals surface area contributed by atoms with E-state index < -0.39 is 5.97 Å². The summed E-state index contributed by atoms with van der Waals surface area (Å²) in [5, 5.41) is 14.3. The van der Waals surface area contributed by atoms with Crippen molar-refractivity contribution in [2.24, 2.45) is 11.8 Å². The molecule has 0 heterocycles. The van der Waals surface area contributed by atoms with E-state index in [0.717, 1.165) is 12.8 Å². The summed E-state index contributed by atoms with van der Waals surface area (Å²) >= 11 is 0. The fourth-order valence-corrected chi connectivity index (χ4v) is 2.54. The molecular formula is C14H25N3O4. The molecule has 3 amide bonds. The maximum absolute atomic E-state index is 12.0. The molecule has 3 N–H and O–H groups in total.